The second-order valence-corrected chi connectivity index (χ2v) is 5.81. The van der Waals surface area contributed by atoms with Gasteiger partial charge in [0.1, 0.15) is 0 Å². The summed E-state index contributed by atoms with van der Waals surface area (Å²) in [5.41, 5.74) is 9.65. The van der Waals surface area contributed by atoms with Gasteiger partial charge in [-0.05, 0) is 34.9 Å². The van der Waals surface area contributed by atoms with E-state index in [1.807, 2.05) is 6.07 Å². The summed E-state index contributed by atoms with van der Waals surface area (Å²) >= 11 is 0. The molecule has 2 unspecified atom stereocenters. The molecule has 3 N–H and O–H groups in total. The first-order valence-electron chi connectivity index (χ1n) is 5.96. The molecular formula is C14H21NO. The van der Waals surface area contributed by atoms with Crippen molar-refractivity contribution in [2.45, 2.75) is 51.2 Å². The first-order valence-corrected chi connectivity index (χ1v) is 5.96. The molecule has 0 aliphatic heterocycles. The molecule has 0 saturated heterocycles. The molecule has 0 aromatic heterocycles. The second kappa shape index (κ2) is 3.86. The van der Waals surface area contributed by atoms with Crippen LogP contribution in [0, 0.1) is 0 Å². The Morgan fingerprint density at radius 1 is 1.31 bits per heavy atom. The largest absolute Gasteiger partial charge is 0.387 e. The Bertz CT molecular complexity index is 392. The third kappa shape index (κ3) is 2.00. The lowest BCUT2D eigenvalue weighted by Crippen LogP contribution is -2.33. The maximum atomic E-state index is 10.00. The number of fused-ring (bicyclic) bond motifs is 1. The predicted molar refractivity (Wildman–Crippen MR) is 66.4 cm³/mol. The molecule has 1 aromatic carbocycles. The Morgan fingerprint density at radius 3 is 2.62 bits per heavy atom. The van der Waals surface area contributed by atoms with Gasteiger partial charge in [-0.2, -0.15) is 0 Å². The Kier molecular flexibility index (Phi) is 2.81. The van der Waals surface area contributed by atoms with Crippen molar-refractivity contribution < 1.29 is 5.11 Å². The molecule has 1 aromatic rings. The Morgan fingerprint density at radius 2 is 2.00 bits per heavy atom. The van der Waals surface area contributed by atoms with Gasteiger partial charge in [-0.15, -0.1) is 0 Å². The summed E-state index contributed by atoms with van der Waals surface area (Å²) in [7, 11) is 0. The van der Waals surface area contributed by atoms with E-state index in [0.717, 1.165) is 18.4 Å². The topological polar surface area (TPSA) is 46.2 Å². The molecule has 88 valence electrons. The second-order valence-electron chi connectivity index (χ2n) is 5.81. The molecule has 2 rings (SSSR count). The van der Waals surface area contributed by atoms with Gasteiger partial charge in [-0.1, -0.05) is 39.0 Å². The predicted octanol–water partition coefficient (Wildman–Crippen LogP) is 2.29. The smallest absolute Gasteiger partial charge is 0.0943 e. The fourth-order valence-corrected chi connectivity index (χ4v) is 2.29. The monoisotopic (exact) mass is 219 g/mol. The van der Waals surface area contributed by atoms with E-state index in [2.05, 4.69) is 32.9 Å². The lowest BCUT2D eigenvalue weighted by atomic mass is 9.80. The van der Waals surface area contributed by atoms with Crippen LogP contribution < -0.4 is 5.73 Å². The van der Waals surface area contributed by atoms with Gasteiger partial charge in [0.25, 0.3) is 0 Å². The zero-order valence-corrected chi connectivity index (χ0v) is 10.3. The Hall–Kier alpha value is -0.860. The average Bonchev–Trinajstić information content (AvgIpc) is 2.22. The first kappa shape index (κ1) is 11.6. The molecule has 2 heteroatoms. The number of hydrogen-bond donors (Lipinski definition) is 2. The van der Waals surface area contributed by atoms with Gasteiger partial charge in [0.05, 0.1) is 6.10 Å². The van der Waals surface area contributed by atoms with Crippen LogP contribution in [0.5, 0.6) is 0 Å². The minimum absolute atomic E-state index is 0.104. The lowest BCUT2D eigenvalue weighted by Gasteiger charge is -2.29. The maximum absolute atomic E-state index is 10.00. The van der Waals surface area contributed by atoms with E-state index in [9.17, 15) is 5.11 Å². The summed E-state index contributed by atoms with van der Waals surface area (Å²) in [6.45, 7) is 6.62. The lowest BCUT2D eigenvalue weighted by molar-refractivity contribution is 0.133. The molecule has 0 spiro atoms. The summed E-state index contributed by atoms with van der Waals surface area (Å²) in [4.78, 5) is 0. The van der Waals surface area contributed by atoms with E-state index in [1.54, 1.807) is 0 Å². The quantitative estimate of drug-likeness (QED) is 0.703. The molecular weight excluding hydrogens is 198 g/mol. The van der Waals surface area contributed by atoms with Crippen molar-refractivity contribution in [1.29, 1.82) is 0 Å². The van der Waals surface area contributed by atoms with Gasteiger partial charge >= 0.3 is 0 Å². The van der Waals surface area contributed by atoms with Crippen molar-refractivity contribution in [1.82, 2.24) is 0 Å². The van der Waals surface area contributed by atoms with Crippen molar-refractivity contribution in [3.8, 4) is 0 Å². The van der Waals surface area contributed by atoms with Crippen LogP contribution in [0.25, 0.3) is 0 Å². The van der Waals surface area contributed by atoms with E-state index in [-0.39, 0.29) is 11.5 Å². The summed E-state index contributed by atoms with van der Waals surface area (Å²) in [5, 5.41) is 10.00. The third-order valence-electron chi connectivity index (χ3n) is 3.48. The molecule has 1 aliphatic carbocycles. The highest BCUT2D eigenvalue weighted by Gasteiger charge is 2.26. The van der Waals surface area contributed by atoms with Crippen LogP contribution >= 0.6 is 0 Å². The molecule has 2 atom stereocenters. The van der Waals surface area contributed by atoms with E-state index in [4.69, 9.17) is 5.73 Å². The van der Waals surface area contributed by atoms with Gasteiger partial charge in [0.2, 0.25) is 0 Å². The third-order valence-corrected chi connectivity index (χ3v) is 3.48. The summed E-state index contributed by atoms with van der Waals surface area (Å²) in [6.07, 6.45) is 1.37. The van der Waals surface area contributed by atoms with Gasteiger partial charge in [-0.3, -0.25) is 0 Å². The standard InChI is InChI=1S/C14H21NO/c1-14(2,3)10-5-6-11-9(8-10)4-7-12(15)13(11)16/h5-6,8,12-13,16H,4,7,15H2,1-3H3. The fourth-order valence-electron chi connectivity index (χ4n) is 2.29. The van der Waals surface area contributed by atoms with Crippen molar-refractivity contribution in [3.05, 3.63) is 34.9 Å². The maximum Gasteiger partial charge on any atom is 0.0943 e. The molecule has 0 amide bonds. The number of rotatable bonds is 0. The number of aryl methyl sites for hydroxylation is 1. The number of aliphatic hydroxyl groups excluding tert-OH is 1. The Balaban J connectivity index is 2.41. The normalized spacial score (nSPS) is 25.3. The highest BCUT2D eigenvalue weighted by atomic mass is 16.3. The number of hydrogen-bond acceptors (Lipinski definition) is 2. The average molecular weight is 219 g/mol. The summed E-state index contributed by atoms with van der Waals surface area (Å²) < 4.78 is 0. The van der Waals surface area contributed by atoms with Crippen LogP contribution in [-0.4, -0.2) is 11.1 Å². The van der Waals surface area contributed by atoms with E-state index in [1.165, 1.54) is 11.1 Å². The van der Waals surface area contributed by atoms with Gasteiger partial charge < -0.3 is 10.8 Å². The van der Waals surface area contributed by atoms with Crippen LogP contribution in [0.15, 0.2) is 18.2 Å². The molecule has 0 saturated carbocycles. The van der Waals surface area contributed by atoms with E-state index >= 15 is 0 Å². The molecule has 1 aliphatic rings. The minimum Gasteiger partial charge on any atom is -0.387 e. The molecule has 0 fully saturated rings. The van der Waals surface area contributed by atoms with Crippen molar-refractivity contribution in [3.63, 3.8) is 0 Å². The number of nitrogens with two attached hydrogens (primary N) is 1. The highest BCUT2D eigenvalue weighted by Crippen LogP contribution is 2.32. The minimum atomic E-state index is -0.488. The van der Waals surface area contributed by atoms with Gasteiger partial charge in [0, 0.05) is 6.04 Å². The van der Waals surface area contributed by atoms with Gasteiger partial charge in [-0.25, -0.2) is 0 Å². The van der Waals surface area contributed by atoms with Crippen molar-refractivity contribution in [2.24, 2.45) is 5.73 Å². The molecule has 0 radical (unpaired) electrons. The van der Waals surface area contributed by atoms with Gasteiger partial charge in [0.15, 0.2) is 0 Å². The van der Waals surface area contributed by atoms with Crippen LogP contribution in [0.4, 0.5) is 0 Å². The summed E-state index contributed by atoms with van der Waals surface area (Å²) in [5.74, 6) is 0. The molecule has 0 heterocycles. The first-order chi connectivity index (χ1) is 7.39. The van der Waals surface area contributed by atoms with Crippen LogP contribution in [0.3, 0.4) is 0 Å². The number of aliphatic hydroxyl groups is 1. The SMILES string of the molecule is CC(C)(C)c1ccc2c(c1)CCC(N)C2O. The zero-order valence-electron chi connectivity index (χ0n) is 10.3. The van der Waals surface area contributed by atoms with Crippen LogP contribution in [0.2, 0.25) is 0 Å². The van der Waals surface area contributed by atoms with E-state index in [0.29, 0.717) is 0 Å². The van der Waals surface area contributed by atoms with Crippen molar-refractivity contribution >= 4 is 0 Å². The fraction of sp³-hybridized carbons (Fsp3) is 0.571. The zero-order chi connectivity index (χ0) is 11.9. The molecule has 0 bridgehead atoms. The number of benzene rings is 1. The van der Waals surface area contributed by atoms with E-state index < -0.39 is 6.10 Å². The highest BCUT2D eigenvalue weighted by molar-refractivity contribution is 5.38. The molecule has 2 nitrogen and oxygen atoms in total. The van der Waals surface area contributed by atoms with Crippen LogP contribution in [0.1, 0.15) is 50.0 Å². The summed E-state index contributed by atoms with van der Waals surface area (Å²) in [6, 6.07) is 6.28. The Labute approximate surface area is 97.5 Å². The van der Waals surface area contributed by atoms with Crippen LogP contribution in [-0.2, 0) is 11.8 Å². The van der Waals surface area contributed by atoms with Crippen molar-refractivity contribution in [2.75, 3.05) is 0 Å². The molecule has 16 heavy (non-hydrogen) atoms.